The van der Waals surface area contributed by atoms with Gasteiger partial charge in [-0.3, -0.25) is 0 Å². The van der Waals surface area contributed by atoms with Gasteiger partial charge in [-0.15, -0.1) is 12.6 Å². The van der Waals surface area contributed by atoms with Crippen LogP contribution >= 0.6 is 24.8 Å². The molecule has 1 heterocycles. The summed E-state index contributed by atoms with van der Waals surface area (Å²) in [4.78, 5) is 0. The highest BCUT2D eigenvalue weighted by molar-refractivity contribution is 8.11. The fourth-order valence-electron chi connectivity index (χ4n) is 1.68. The molecule has 0 unspecified atom stereocenters. The van der Waals surface area contributed by atoms with Gasteiger partial charge in [0.2, 0.25) is 0 Å². The highest BCUT2D eigenvalue weighted by atomic mass is 32.1. The van der Waals surface area contributed by atoms with Crippen LogP contribution in [-0.4, -0.2) is 8.76 Å². The molecule has 2 nitrogen and oxygen atoms in total. The molecular weight excluding hydrogens is 236 g/mol. The van der Waals surface area contributed by atoms with Crippen molar-refractivity contribution < 1.29 is 4.57 Å². The van der Waals surface area contributed by atoms with Crippen LogP contribution in [0.2, 0.25) is 0 Å². The molecule has 0 aliphatic carbocycles. The van der Waals surface area contributed by atoms with Crippen molar-refractivity contribution in [2.75, 3.05) is 0 Å². The predicted molar refractivity (Wildman–Crippen MR) is 75.3 cm³/mol. The average molecular weight is 257 g/mol. The Morgan fingerprint density at radius 1 is 1.25 bits per heavy atom. The van der Waals surface area contributed by atoms with Gasteiger partial charge in [-0.25, -0.2) is 9.13 Å². The van der Waals surface area contributed by atoms with Crippen LogP contribution in [0.3, 0.4) is 0 Å². The van der Waals surface area contributed by atoms with Gasteiger partial charge in [-0.2, -0.15) is 0 Å². The first-order valence-electron chi connectivity index (χ1n) is 5.42. The zero-order chi connectivity index (χ0) is 12.7. The van der Waals surface area contributed by atoms with Crippen LogP contribution < -0.4 is 4.57 Å². The summed E-state index contributed by atoms with van der Waals surface area (Å²) in [7, 11) is 0. The molecule has 1 aromatic rings. The third-order valence-electron chi connectivity index (χ3n) is 2.46. The zero-order valence-corrected chi connectivity index (χ0v) is 12.6. The molecule has 0 amide bonds. The fourth-order valence-corrected chi connectivity index (χ4v) is 2.09. The molecule has 0 aliphatic rings. The lowest BCUT2D eigenvalue weighted by molar-refractivity contribution is -0.754. The molecule has 0 radical (unpaired) electrons. The van der Waals surface area contributed by atoms with E-state index in [2.05, 4.69) is 75.7 Å². The van der Waals surface area contributed by atoms with E-state index in [0.29, 0.717) is 4.20 Å². The van der Waals surface area contributed by atoms with E-state index in [1.54, 1.807) is 0 Å². The molecule has 16 heavy (non-hydrogen) atoms. The lowest BCUT2D eigenvalue weighted by Gasteiger charge is -2.20. The van der Waals surface area contributed by atoms with Crippen molar-refractivity contribution in [3.8, 4) is 0 Å². The Balaban J connectivity index is 3.47. The van der Waals surface area contributed by atoms with Crippen LogP contribution in [0, 0.1) is 0 Å². The number of nitrogens with zero attached hydrogens (tertiary/aromatic N) is 2. The minimum absolute atomic E-state index is 0.0125. The maximum Gasteiger partial charge on any atom is 0.307 e. The van der Waals surface area contributed by atoms with E-state index in [9.17, 15) is 0 Å². The summed E-state index contributed by atoms with van der Waals surface area (Å²) < 4.78 is 4.98. The minimum atomic E-state index is 0.0125. The second kappa shape index (κ2) is 4.15. The van der Waals surface area contributed by atoms with Crippen LogP contribution in [0.15, 0.2) is 12.4 Å². The third kappa shape index (κ3) is 2.66. The van der Waals surface area contributed by atoms with Gasteiger partial charge in [0.15, 0.2) is 4.20 Å². The fraction of sp³-hybridized carbons (Fsp3) is 0.667. The van der Waals surface area contributed by atoms with Crippen LogP contribution in [0.25, 0.3) is 0 Å². The molecule has 4 heteroatoms. The van der Waals surface area contributed by atoms with Crippen molar-refractivity contribution in [1.29, 1.82) is 0 Å². The van der Waals surface area contributed by atoms with E-state index in [1.807, 2.05) is 0 Å². The van der Waals surface area contributed by atoms with Crippen LogP contribution in [0.5, 0.6) is 0 Å². The van der Waals surface area contributed by atoms with Gasteiger partial charge in [0.25, 0.3) is 0 Å². The molecule has 0 spiro atoms. The molecule has 0 saturated carbocycles. The third-order valence-corrected chi connectivity index (χ3v) is 2.84. The monoisotopic (exact) mass is 257 g/mol. The number of rotatable bonds is 1. The Labute approximate surface area is 109 Å². The molecule has 0 saturated heterocycles. The molecule has 90 valence electrons. The summed E-state index contributed by atoms with van der Waals surface area (Å²) in [5, 5.41) is 0. The molecule has 0 aliphatic heterocycles. The summed E-state index contributed by atoms with van der Waals surface area (Å²) in [6, 6.07) is 0. The van der Waals surface area contributed by atoms with Crippen LogP contribution in [0.4, 0.5) is 0 Å². The second-order valence-electron chi connectivity index (χ2n) is 6.01. The largest absolute Gasteiger partial charge is 0.307 e. The van der Waals surface area contributed by atoms with E-state index in [-0.39, 0.29) is 11.1 Å². The highest BCUT2D eigenvalue weighted by Gasteiger charge is 2.33. The number of imidazole rings is 1. The van der Waals surface area contributed by atoms with Crippen molar-refractivity contribution in [1.82, 2.24) is 4.57 Å². The molecule has 1 aromatic heterocycles. The van der Waals surface area contributed by atoms with Gasteiger partial charge in [0.05, 0.1) is 0 Å². The van der Waals surface area contributed by atoms with Gasteiger partial charge >= 0.3 is 5.82 Å². The van der Waals surface area contributed by atoms with Crippen molar-refractivity contribution in [3.05, 3.63) is 18.2 Å². The lowest BCUT2D eigenvalue weighted by Crippen LogP contribution is -2.53. The van der Waals surface area contributed by atoms with Crippen LogP contribution in [0.1, 0.15) is 47.4 Å². The van der Waals surface area contributed by atoms with Gasteiger partial charge in [0.1, 0.15) is 23.5 Å². The highest BCUT2D eigenvalue weighted by Crippen LogP contribution is 2.19. The SMILES string of the molecule is CC(C)(C)n1cc[n+](C(C)(C)C)c1C(=S)S. The summed E-state index contributed by atoms with van der Waals surface area (Å²) in [6.07, 6.45) is 4.15. The number of thiol groups is 1. The average Bonchev–Trinajstić information content (AvgIpc) is 2.43. The summed E-state index contributed by atoms with van der Waals surface area (Å²) in [5.74, 6) is 0.998. The zero-order valence-electron chi connectivity index (χ0n) is 10.9. The molecule has 0 fully saturated rings. The maximum atomic E-state index is 5.25. The molecule has 0 N–H and O–H groups in total. The Hall–Kier alpha value is -0.350. The number of hydrogen-bond donors (Lipinski definition) is 1. The molecule has 0 bridgehead atoms. The minimum Gasteiger partial charge on any atom is -0.224 e. The van der Waals surface area contributed by atoms with Gasteiger partial charge in [0, 0.05) is 0 Å². The predicted octanol–water partition coefficient (Wildman–Crippen LogP) is 2.89. The quantitative estimate of drug-likeness (QED) is 0.462. The molecule has 1 rings (SSSR count). The molecular formula is C12H21N2S2+. The van der Waals surface area contributed by atoms with E-state index < -0.39 is 0 Å². The standard InChI is InChI=1S/C12H20N2S2/c1-11(2,3)13-7-8-14(12(4,5)6)9(13)10(15)16/h7-8H,1-6H3/p+1. The summed E-state index contributed by atoms with van der Waals surface area (Å²) in [6.45, 7) is 13.0. The first-order valence-corrected chi connectivity index (χ1v) is 6.28. The topological polar surface area (TPSA) is 8.81 Å². The van der Waals surface area contributed by atoms with Crippen molar-refractivity contribution in [2.24, 2.45) is 0 Å². The summed E-state index contributed by atoms with van der Waals surface area (Å²) in [5.41, 5.74) is 0.0250. The van der Waals surface area contributed by atoms with Gasteiger partial charge < -0.3 is 0 Å². The first-order chi connectivity index (χ1) is 7.05. The van der Waals surface area contributed by atoms with Crippen molar-refractivity contribution >= 4 is 29.0 Å². The van der Waals surface area contributed by atoms with Crippen molar-refractivity contribution in [2.45, 2.75) is 52.6 Å². The Morgan fingerprint density at radius 3 is 2.06 bits per heavy atom. The Bertz CT molecular complexity index is 374. The smallest absolute Gasteiger partial charge is 0.224 e. The number of hydrogen-bond acceptors (Lipinski definition) is 1. The lowest BCUT2D eigenvalue weighted by atomic mass is 10.1. The van der Waals surface area contributed by atoms with E-state index in [4.69, 9.17) is 12.2 Å². The van der Waals surface area contributed by atoms with E-state index >= 15 is 0 Å². The first kappa shape index (κ1) is 13.7. The van der Waals surface area contributed by atoms with E-state index in [1.165, 1.54) is 0 Å². The Kier molecular flexibility index (Phi) is 3.56. The molecule has 0 aromatic carbocycles. The van der Waals surface area contributed by atoms with Gasteiger partial charge in [-0.05, 0) is 41.5 Å². The Morgan fingerprint density at radius 2 is 1.75 bits per heavy atom. The number of aromatic nitrogens is 2. The van der Waals surface area contributed by atoms with Crippen LogP contribution in [-0.2, 0) is 11.1 Å². The molecule has 0 atom stereocenters. The summed E-state index contributed by atoms with van der Waals surface area (Å²) >= 11 is 9.60. The second-order valence-corrected chi connectivity index (χ2v) is 7.17. The number of thiocarbonyl (C=S) groups is 1. The van der Waals surface area contributed by atoms with Crippen molar-refractivity contribution in [3.63, 3.8) is 0 Å². The van der Waals surface area contributed by atoms with Gasteiger partial charge in [-0.1, -0.05) is 12.2 Å². The normalized spacial score (nSPS) is 12.9. The van der Waals surface area contributed by atoms with E-state index in [0.717, 1.165) is 5.82 Å². The maximum absolute atomic E-state index is 5.25.